The molecule has 2 atom stereocenters. The van der Waals surface area contributed by atoms with Crippen molar-refractivity contribution in [1.82, 2.24) is 20.4 Å². The lowest BCUT2D eigenvalue weighted by atomic mass is 9.95. The van der Waals surface area contributed by atoms with Crippen LogP contribution in [-0.4, -0.2) is 34.8 Å². The van der Waals surface area contributed by atoms with Crippen molar-refractivity contribution in [3.63, 3.8) is 0 Å². The van der Waals surface area contributed by atoms with Crippen LogP contribution in [0.15, 0.2) is 36.7 Å². The Morgan fingerprint density at radius 2 is 2.13 bits per heavy atom. The van der Waals surface area contributed by atoms with Crippen molar-refractivity contribution in [2.75, 3.05) is 13.1 Å². The lowest BCUT2D eigenvalue weighted by Gasteiger charge is -2.30. The number of nitrogens with zero attached hydrogens (tertiary/aromatic N) is 2. The average molecular weight is 355 g/mol. The molecule has 0 aliphatic carbocycles. The third-order valence-corrected chi connectivity index (χ3v) is 4.29. The topological polar surface area (TPSA) is 58.9 Å². The Balaban J connectivity index is 0.00000192. The molecule has 0 radical (unpaired) electrons. The predicted molar refractivity (Wildman–Crippen MR) is 93.7 cm³/mol. The van der Waals surface area contributed by atoms with Gasteiger partial charge in [-0.15, -0.1) is 12.4 Å². The molecule has 0 saturated carbocycles. The van der Waals surface area contributed by atoms with Gasteiger partial charge in [0.25, 0.3) is 5.91 Å². The molecule has 1 amide bonds. The number of halogens is 2. The molecule has 3 rings (SSSR count). The summed E-state index contributed by atoms with van der Waals surface area (Å²) in [4.78, 5) is 12.4. The summed E-state index contributed by atoms with van der Waals surface area (Å²) in [5, 5.41) is 11.4. The van der Waals surface area contributed by atoms with Crippen LogP contribution in [0.4, 0.5) is 0 Å². The van der Waals surface area contributed by atoms with Crippen molar-refractivity contribution in [3.05, 3.63) is 47.2 Å². The van der Waals surface area contributed by atoms with E-state index in [1.807, 2.05) is 12.1 Å². The van der Waals surface area contributed by atoms with Gasteiger partial charge in [-0.05, 0) is 49.7 Å². The summed E-state index contributed by atoms with van der Waals surface area (Å²) >= 11 is 5.88. The Hall–Kier alpha value is -1.56. The number of benzene rings is 1. The normalized spacial score (nSPS) is 20.6. The maximum Gasteiger partial charge on any atom is 0.254 e. The van der Waals surface area contributed by atoms with Crippen LogP contribution >= 0.6 is 24.0 Å². The molecule has 2 unspecified atom stereocenters. The highest BCUT2D eigenvalue weighted by Gasteiger charge is 2.23. The first kappa shape index (κ1) is 17.8. The van der Waals surface area contributed by atoms with E-state index in [0.717, 1.165) is 25.2 Å². The van der Waals surface area contributed by atoms with Crippen LogP contribution in [-0.2, 0) is 0 Å². The number of amides is 1. The zero-order valence-corrected chi connectivity index (χ0v) is 14.4. The molecular weight excluding hydrogens is 335 g/mol. The molecule has 2 aromatic rings. The van der Waals surface area contributed by atoms with Gasteiger partial charge in [-0.1, -0.05) is 18.5 Å². The third kappa shape index (κ3) is 4.25. The number of nitrogens with one attached hydrogen (secondary N) is 2. The van der Waals surface area contributed by atoms with Crippen molar-refractivity contribution in [2.24, 2.45) is 5.92 Å². The third-order valence-electron chi connectivity index (χ3n) is 4.04. The second-order valence-corrected chi connectivity index (χ2v) is 6.14. The number of aromatic nitrogens is 2. The van der Waals surface area contributed by atoms with Gasteiger partial charge in [-0.3, -0.25) is 4.79 Å². The molecule has 23 heavy (non-hydrogen) atoms. The molecule has 1 fully saturated rings. The van der Waals surface area contributed by atoms with Crippen molar-refractivity contribution >= 4 is 29.9 Å². The van der Waals surface area contributed by atoms with E-state index >= 15 is 0 Å². The summed E-state index contributed by atoms with van der Waals surface area (Å²) in [5.41, 5.74) is 1.44. The van der Waals surface area contributed by atoms with Crippen LogP contribution < -0.4 is 10.6 Å². The predicted octanol–water partition coefficient (Wildman–Crippen LogP) is 2.68. The SMILES string of the molecule is CC1CNCCC1NC(=O)c1cnn(-c2ccc(Cl)cc2)c1.Cl. The van der Waals surface area contributed by atoms with Crippen LogP contribution in [0.5, 0.6) is 0 Å². The van der Waals surface area contributed by atoms with Crippen molar-refractivity contribution in [3.8, 4) is 5.69 Å². The highest BCUT2D eigenvalue weighted by molar-refractivity contribution is 6.30. The van der Waals surface area contributed by atoms with E-state index in [1.165, 1.54) is 0 Å². The molecule has 0 bridgehead atoms. The Morgan fingerprint density at radius 1 is 1.39 bits per heavy atom. The summed E-state index contributed by atoms with van der Waals surface area (Å²) in [5.74, 6) is 0.364. The Labute approximate surface area is 146 Å². The molecule has 124 valence electrons. The number of hydrogen-bond acceptors (Lipinski definition) is 3. The monoisotopic (exact) mass is 354 g/mol. The fraction of sp³-hybridized carbons (Fsp3) is 0.375. The summed E-state index contributed by atoms with van der Waals surface area (Å²) in [6.45, 7) is 4.03. The minimum Gasteiger partial charge on any atom is -0.349 e. The zero-order chi connectivity index (χ0) is 15.5. The summed E-state index contributed by atoms with van der Waals surface area (Å²) in [6, 6.07) is 7.55. The van der Waals surface area contributed by atoms with E-state index in [1.54, 1.807) is 29.2 Å². The van der Waals surface area contributed by atoms with Crippen LogP contribution in [0.1, 0.15) is 23.7 Å². The molecule has 1 aromatic carbocycles. The highest BCUT2D eigenvalue weighted by Crippen LogP contribution is 2.14. The number of hydrogen-bond donors (Lipinski definition) is 2. The van der Waals surface area contributed by atoms with E-state index in [0.29, 0.717) is 16.5 Å². The van der Waals surface area contributed by atoms with E-state index in [9.17, 15) is 4.79 Å². The van der Waals surface area contributed by atoms with Crippen LogP contribution in [0.2, 0.25) is 5.02 Å². The molecule has 2 N–H and O–H groups in total. The number of carbonyl (C=O) groups excluding carboxylic acids is 1. The fourth-order valence-corrected chi connectivity index (χ4v) is 2.78. The molecule has 0 spiro atoms. The largest absolute Gasteiger partial charge is 0.349 e. The molecule has 2 heterocycles. The number of rotatable bonds is 3. The summed E-state index contributed by atoms with van der Waals surface area (Å²) in [6.07, 6.45) is 4.29. The Kier molecular flexibility index (Phi) is 6.04. The molecule has 5 nitrogen and oxygen atoms in total. The van der Waals surface area contributed by atoms with Crippen LogP contribution in [0, 0.1) is 5.92 Å². The van der Waals surface area contributed by atoms with E-state index < -0.39 is 0 Å². The second-order valence-electron chi connectivity index (χ2n) is 5.70. The standard InChI is InChI=1S/C16H19ClN4O.ClH/c1-11-8-18-7-6-15(11)20-16(22)12-9-19-21(10-12)14-4-2-13(17)3-5-14;/h2-5,9-11,15,18H,6-8H2,1H3,(H,20,22);1H. The Morgan fingerprint density at radius 3 is 2.83 bits per heavy atom. The summed E-state index contributed by atoms with van der Waals surface area (Å²) in [7, 11) is 0. The van der Waals surface area contributed by atoms with E-state index in [4.69, 9.17) is 11.6 Å². The smallest absolute Gasteiger partial charge is 0.254 e. The van der Waals surface area contributed by atoms with Gasteiger partial charge >= 0.3 is 0 Å². The number of piperidine rings is 1. The van der Waals surface area contributed by atoms with Gasteiger partial charge in [0.05, 0.1) is 17.4 Å². The second kappa shape index (κ2) is 7.81. The van der Waals surface area contributed by atoms with E-state index in [-0.39, 0.29) is 24.4 Å². The van der Waals surface area contributed by atoms with E-state index in [2.05, 4.69) is 22.7 Å². The maximum absolute atomic E-state index is 12.4. The van der Waals surface area contributed by atoms with Gasteiger partial charge in [0.15, 0.2) is 0 Å². The first-order valence-electron chi connectivity index (χ1n) is 7.45. The zero-order valence-electron chi connectivity index (χ0n) is 12.8. The molecule has 1 aliphatic rings. The van der Waals surface area contributed by atoms with Crippen molar-refractivity contribution < 1.29 is 4.79 Å². The first-order chi connectivity index (χ1) is 10.6. The lowest BCUT2D eigenvalue weighted by Crippen LogP contribution is -2.48. The fourth-order valence-electron chi connectivity index (χ4n) is 2.66. The molecule has 1 saturated heterocycles. The number of carbonyl (C=O) groups is 1. The Bertz CT molecular complexity index is 656. The van der Waals surface area contributed by atoms with Crippen LogP contribution in [0.3, 0.4) is 0 Å². The van der Waals surface area contributed by atoms with Crippen molar-refractivity contribution in [2.45, 2.75) is 19.4 Å². The highest BCUT2D eigenvalue weighted by atomic mass is 35.5. The van der Waals surface area contributed by atoms with Gasteiger partial charge in [-0.25, -0.2) is 4.68 Å². The average Bonchev–Trinajstić information content (AvgIpc) is 3.00. The van der Waals surface area contributed by atoms with Gasteiger partial charge < -0.3 is 10.6 Å². The van der Waals surface area contributed by atoms with Gasteiger partial charge in [0.1, 0.15) is 0 Å². The summed E-state index contributed by atoms with van der Waals surface area (Å²) < 4.78 is 1.68. The minimum atomic E-state index is -0.0704. The van der Waals surface area contributed by atoms with Crippen molar-refractivity contribution in [1.29, 1.82) is 0 Å². The minimum absolute atomic E-state index is 0. The van der Waals surface area contributed by atoms with Crippen LogP contribution in [0.25, 0.3) is 5.69 Å². The quantitative estimate of drug-likeness (QED) is 0.890. The molecule has 1 aliphatic heterocycles. The molecule has 1 aromatic heterocycles. The first-order valence-corrected chi connectivity index (χ1v) is 7.83. The van der Waals surface area contributed by atoms with Gasteiger partial charge in [-0.2, -0.15) is 5.10 Å². The van der Waals surface area contributed by atoms with Gasteiger partial charge in [0.2, 0.25) is 0 Å². The molecular formula is C16H20Cl2N4O. The van der Waals surface area contributed by atoms with Gasteiger partial charge in [0, 0.05) is 17.3 Å². The maximum atomic E-state index is 12.4. The lowest BCUT2D eigenvalue weighted by molar-refractivity contribution is 0.0914. The molecule has 7 heteroatoms.